The van der Waals surface area contributed by atoms with Crippen molar-refractivity contribution in [1.82, 2.24) is 4.73 Å². The average Bonchev–Trinajstić information content (AvgIpc) is 2.40. The second-order valence-electron chi connectivity index (χ2n) is 4.56. The van der Waals surface area contributed by atoms with Gasteiger partial charge in [0.15, 0.2) is 0 Å². The van der Waals surface area contributed by atoms with Crippen LogP contribution < -0.4 is 5.56 Å². The first-order valence-corrected chi connectivity index (χ1v) is 6.06. The third-order valence-electron chi connectivity index (χ3n) is 2.86. The summed E-state index contributed by atoms with van der Waals surface area (Å²) in [7, 11) is 0. The number of pyridine rings is 1. The quantitative estimate of drug-likeness (QED) is 0.860. The number of nitrogens with zero attached hydrogens (tertiary/aromatic N) is 1. The first kappa shape index (κ1) is 14.9. The molecule has 2 aromatic rings. The van der Waals surface area contributed by atoms with Crippen LogP contribution in [0.1, 0.15) is 22.4 Å². The summed E-state index contributed by atoms with van der Waals surface area (Å²) in [5.74, 6) is 0. The van der Waals surface area contributed by atoms with Crippen LogP contribution in [-0.4, -0.2) is 9.94 Å². The van der Waals surface area contributed by atoms with Crippen LogP contribution in [0.25, 0.3) is 12.2 Å². The smallest absolute Gasteiger partial charge is 0.416 e. The van der Waals surface area contributed by atoms with Crippen LogP contribution in [0.2, 0.25) is 0 Å². The zero-order chi connectivity index (χ0) is 15.6. The Morgan fingerprint density at radius 1 is 1.10 bits per heavy atom. The number of benzene rings is 1. The first-order chi connectivity index (χ1) is 9.77. The van der Waals surface area contributed by atoms with E-state index >= 15 is 0 Å². The third-order valence-corrected chi connectivity index (χ3v) is 2.86. The Morgan fingerprint density at radius 3 is 2.29 bits per heavy atom. The second-order valence-corrected chi connectivity index (χ2v) is 4.56. The molecule has 1 N–H and O–H groups in total. The van der Waals surface area contributed by atoms with Crippen molar-refractivity contribution in [2.45, 2.75) is 13.1 Å². The number of aromatic nitrogens is 1. The Hall–Kier alpha value is -2.50. The van der Waals surface area contributed by atoms with Gasteiger partial charge in [-0.05, 0) is 42.3 Å². The molecule has 21 heavy (non-hydrogen) atoms. The summed E-state index contributed by atoms with van der Waals surface area (Å²) < 4.78 is 37.7. The molecule has 1 heterocycles. The average molecular weight is 295 g/mol. The summed E-state index contributed by atoms with van der Waals surface area (Å²) in [4.78, 5) is 11.4. The number of hydrogen-bond donors (Lipinski definition) is 1. The maximum atomic E-state index is 12.4. The number of alkyl halides is 3. The highest BCUT2D eigenvalue weighted by Crippen LogP contribution is 2.29. The van der Waals surface area contributed by atoms with E-state index in [4.69, 9.17) is 0 Å². The zero-order valence-corrected chi connectivity index (χ0v) is 11.1. The molecule has 0 bridgehead atoms. The molecule has 0 aliphatic heterocycles. The lowest BCUT2D eigenvalue weighted by molar-refractivity contribution is -0.137. The molecule has 0 aliphatic carbocycles. The minimum Gasteiger partial charge on any atom is -0.425 e. The second kappa shape index (κ2) is 5.47. The van der Waals surface area contributed by atoms with Crippen molar-refractivity contribution in [2.24, 2.45) is 0 Å². The van der Waals surface area contributed by atoms with Crippen molar-refractivity contribution in [3.05, 3.63) is 69.1 Å². The van der Waals surface area contributed by atoms with Crippen molar-refractivity contribution in [1.29, 1.82) is 0 Å². The largest absolute Gasteiger partial charge is 0.425 e. The van der Waals surface area contributed by atoms with Gasteiger partial charge in [0.1, 0.15) is 0 Å². The van der Waals surface area contributed by atoms with E-state index in [1.54, 1.807) is 13.0 Å². The minimum atomic E-state index is -4.37. The molecule has 0 radical (unpaired) electrons. The topological polar surface area (TPSA) is 42.2 Å². The van der Waals surface area contributed by atoms with Gasteiger partial charge < -0.3 is 5.21 Å². The van der Waals surface area contributed by atoms with E-state index in [1.807, 2.05) is 0 Å². The lowest BCUT2D eigenvalue weighted by Crippen LogP contribution is -2.18. The maximum absolute atomic E-state index is 12.4. The summed E-state index contributed by atoms with van der Waals surface area (Å²) in [5, 5.41) is 9.55. The van der Waals surface area contributed by atoms with Gasteiger partial charge in [-0.2, -0.15) is 13.2 Å². The molecule has 2 rings (SSSR count). The van der Waals surface area contributed by atoms with Crippen molar-refractivity contribution in [3.8, 4) is 0 Å². The molecular formula is C15H12F3NO2. The van der Waals surface area contributed by atoms with Gasteiger partial charge in [0.2, 0.25) is 0 Å². The van der Waals surface area contributed by atoms with Crippen LogP contribution in [0.5, 0.6) is 0 Å². The fourth-order valence-electron chi connectivity index (χ4n) is 1.80. The van der Waals surface area contributed by atoms with E-state index in [0.717, 1.165) is 12.1 Å². The maximum Gasteiger partial charge on any atom is 0.416 e. The molecule has 110 valence electrons. The van der Waals surface area contributed by atoms with Gasteiger partial charge in [0, 0.05) is 6.07 Å². The highest BCUT2D eigenvalue weighted by molar-refractivity contribution is 5.68. The molecule has 0 saturated heterocycles. The standard InChI is InChI=1S/C15H12F3NO2/c1-10-8-13(19(21)14(20)9-10)7-4-11-2-5-12(6-3-11)15(16,17)18/h2-9,21H,1H3/b7-4+. The summed E-state index contributed by atoms with van der Waals surface area (Å²) in [5.41, 5.74) is 0.158. The molecule has 0 saturated carbocycles. The third kappa shape index (κ3) is 3.53. The van der Waals surface area contributed by atoms with Crippen LogP contribution in [-0.2, 0) is 6.18 Å². The van der Waals surface area contributed by atoms with Gasteiger partial charge in [0.05, 0.1) is 11.3 Å². The van der Waals surface area contributed by atoms with Crippen molar-refractivity contribution in [3.63, 3.8) is 0 Å². The highest BCUT2D eigenvalue weighted by atomic mass is 19.4. The Labute approximate surface area is 118 Å². The predicted octanol–water partition coefficient (Wildman–Crippen LogP) is 3.58. The zero-order valence-electron chi connectivity index (χ0n) is 11.1. The Bertz CT molecular complexity index is 728. The Kier molecular flexibility index (Phi) is 3.88. The predicted molar refractivity (Wildman–Crippen MR) is 73.0 cm³/mol. The van der Waals surface area contributed by atoms with Crippen LogP contribution in [0.15, 0.2) is 41.2 Å². The Balaban J connectivity index is 2.28. The molecule has 6 heteroatoms. The molecule has 0 fully saturated rings. The van der Waals surface area contributed by atoms with Crippen molar-refractivity contribution < 1.29 is 18.4 Å². The summed E-state index contributed by atoms with van der Waals surface area (Å²) in [6.07, 6.45) is -1.40. The van der Waals surface area contributed by atoms with Gasteiger partial charge in [-0.3, -0.25) is 4.79 Å². The molecule has 0 atom stereocenters. The molecular weight excluding hydrogens is 283 g/mol. The molecule has 0 aliphatic rings. The fourth-order valence-corrected chi connectivity index (χ4v) is 1.80. The molecule has 0 unspecified atom stereocenters. The van der Waals surface area contributed by atoms with Gasteiger partial charge in [-0.15, -0.1) is 4.73 Å². The number of halogens is 3. The van der Waals surface area contributed by atoms with E-state index in [0.29, 0.717) is 15.9 Å². The molecule has 1 aromatic carbocycles. The molecule has 1 aromatic heterocycles. The Morgan fingerprint density at radius 2 is 1.71 bits per heavy atom. The lowest BCUT2D eigenvalue weighted by Gasteiger charge is -2.06. The van der Waals surface area contributed by atoms with E-state index in [2.05, 4.69) is 0 Å². The monoisotopic (exact) mass is 295 g/mol. The van der Waals surface area contributed by atoms with Gasteiger partial charge in [-0.1, -0.05) is 18.2 Å². The summed E-state index contributed by atoms with van der Waals surface area (Å²) >= 11 is 0. The van der Waals surface area contributed by atoms with E-state index in [-0.39, 0.29) is 5.69 Å². The SMILES string of the molecule is Cc1cc(/C=C/c2ccc(C(F)(F)F)cc2)n(O)c(=O)c1. The van der Waals surface area contributed by atoms with Gasteiger partial charge in [0.25, 0.3) is 5.56 Å². The van der Waals surface area contributed by atoms with Crippen molar-refractivity contribution >= 4 is 12.2 Å². The number of hydrogen-bond acceptors (Lipinski definition) is 2. The van der Waals surface area contributed by atoms with E-state index < -0.39 is 17.3 Å². The molecule has 0 spiro atoms. The van der Waals surface area contributed by atoms with Crippen LogP contribution in [0.4, 0.5) is 13.2 Å². The van der Waals surface area contributed by atoms with E-state index in [1.165, 1.54) is 30.4 Å². The molecule has 3 nitrogen and oxygen atoms in total. The van der Waals surface area contributed by atoms with Gasteiger partial charge in [-0.25, -0.2) is 0 Å². The lowest BCUT2D eigenvalue weighted by atomic mass is 10.1. The van der Waals surface area contributed by atoms with Crippen molar-refractivity contribution in [2.75, 3.05) is 0 Å². The van der Waals surface area contributed by atoms with Crippen LogP contribution >= 0.6 is 0 Å². The normalized spacial score (nSPS) is 12.0. The first-order valence-electron chi connectivity index (χ1n) is 6.06. The van der Waals surface area contributed by atoms with Crippen LogP contribution in [0, 0.1) is 6.92 Å². The minimum absolute atomic E-state index is 0.250. The summed E-state index contributed by atoms with van der Waals surface area (Å²) in [6.45, 7) is 1.71. The fraction of sp³-hybridized carbons (Fsp3) is 0.133. The highest BCUT2D eigenvalue weighted by Gasteiger charge is 2.29. The van der Waals surface area contributed by atoms with Crippen LogP contribution in [0.3, 0.4) is 0 Å². The molecule has 0 amide bonds. The number of aryl methyl sites for hydroxylation is 1. The summed E-state index contributed by atoms with van der Waals surface area (Å²) in [6, 6.07) is 7.44. The van der Waals surface area contributed by atoms with Gasteiger partial charge >= 0.3 is 6.18 Å². The van der Waals surface area contributed by atoms with E-state index in [9.17, 15) is 23.2 Å². The number of rotatable bonds is 2.